The van der Waals surface area contributed by atoms with Crippen molar-refractivity contribution in [2.24, 2.45) is 0 Å². The molecular weight excluding hydrogens is 205 g/mol. The summed E-state index contributed by atoms with van der Waals surface area (Å²) in [5.74, 6) is -2.21. The minimum atomic E-state index is -1.59. The normalized spacial score (nSPS) is 9.75. The number of fused-ring (bicyclic) bond motifs is 1. The zero-order chi connectivity index (χ0) is 11.0. The predicted molar refractivity (Wildman–Crippen MR) is 49.4 cm³/mol. The van der Waals surface area contributed by atoms with Crippen molar-refractivity contribution in [3.63, 3.8) is 0 Å². The molecule has 76 valence electrons. The number of aromatic nitrogens is 1. The number of phenolic OH excluding ortho intramolecular Hbond substituents is 1. The Labute approximate surface area is 103 Å². The molecule has 0 aliphatic heterocycles. The summed E-state index contributed by atoms with van der Waals surface area (Å²) in [4.78, 5) is 14.2. The Morgan fingerprint density at radius 3 is 2.56 bits per heavy atom. The third-order valence-corrected chi connectivity index (χ3v) is 2.00. The van der Waals surface area contributed by atoms with Crippen molar-refractivity contribution in [2.75, 3.05) is 0 Å². The standard InChI is InChI=1S/C10H7NO4.Li/c12-6-3-1-2-5-4-7(13)9(10(14)15)11-8(5)6;/h1-4,12-13H,(H,14,15);/q;+1/p-1. The Bertz CT molecular complexity index is 556. The Hall–Kier alpha value is -1.70. The van der Waals surface area contributed by atoms with E-state index in [1.54, 1.807) is 12.1 Å². The van der Waals surface area contributed by atoms with Crippen LogP contribution in [0, 0.1) is 0 Å². The van der Waals surface area contributed by atoms with Gasteiger partial charge in [-0.2, -0.15) is 0 Å². The van der Waals surface area contributed by atoms with Gasteiger partial charge < -0.3 is 20.1 Å². The summed E-state index contributed by atoms with van der Waals surface area (Å²) in [6, 6.07) is 5.76. The first-order valence-corrected chi connectivity index (χ1v) is 4.12. The molecule has 0 amide bonds. The van der Waals surface area contributed by atoms with Gasteiger partial charge in [0.05, 0.1) is 5.97 Å². The number of carboxylic acid groups (broad SMARTS) is 1. The third kappa shape index (κ3) is 1.96. The molecule has 0 aliphatic carbocycles. The molecule has 2 N–H and O–H groups in total. The molecule has 1 aromatic heterocycles. The second kappa shape index (κ2) is 4.43. The molecular formula is C10H6LiNO4. The van der Waals surface area contributed by atoms with Crippen LogP contribution >= 0.6 is 0 Å². The molecule has 0 spiro atoms. The first-order chi connectivity index (χ1) is 7.09. The number of phenols is 1. The number of para-hydroxylation sites is 1. The van der Waals surface area contributed by atoms with Gasteiger partial charge in [0.25, 0.3) is 0 Å². The molecule has 0 saturated heterocycles. The van der Waals surface area contributed by atoms with E-state index in [-0.39, 0.29) is 30.1 Å². The van der Waals surface area contributed by atoms with Crippen LogP contribution in [0.15, 0.2) is 24.3 Å². The molecule has 1 aromatic carbocycles. The Morgan fingerprint density at radius 1 is 1.25 bits per heavy atom. The van der Waals surface area contributed by atoms with Crippen LogP contribution in [0.25, 0.3) is 10.9 Å². The number of carbonyl (C=O) groups is 1. The number of nitrogens with zero attached hydrogens (tertiary/aromatic N) is 1. The van der Waals surface area contributed by atoms with Crippen molar-refractivity contribution in [1.29, 1.82) is 0 Å². The molecule has 0 aliphatic rings. The van der Waals surface area contributed by atoms with Crippen molar-refractivity contribution in [3.05, 3.63) is 30.0 Å². The van der Waals surface area contributed by atoms with Gasteiger partial charge in [0.1, 0.15) is 22.7 Å². The van der Waals surface area contributed by atoms with Gasteiger partial charge in [0, 0.05) is 5.39 Å². The van der Waals surface area contributed by atoms with Crippen LogP contribution in [0.1, 0.15) is 10.5 Å². The Morgan fingerprint density at radius 2 is 1.94 bits per heavy atom. The van der Waals surface area contributed by atoms with Crippen LogP contribution in [0.5, 0.6) is 11.5 Å². The Kier molecular flexibility index (Phi) is 3.43. The predicted octanol–water partition coefficient (Wildman–Crippen LogP) is -2.99. The number of hydrogen-bond acceptors (Lipinski definition) is 5. The summed E-state index contributed by atoms with van der Waals surface area (Å²) in [6.45, 7) is 0. The number of aromatic carboxylic acids is 1. The maximum absolute atomic E-state index is 10.6. The van der Waals surface area contributed by atoms with Crippen molar-refractivity contribution in [3.8, 4) is 11.5 Å². The van der Waals surface area contributed by atoms with E-state index in [0.717, 1.165) is 0 Å². The molecule has 2 aromatic rings. The second-order valence-corrected chi connectivity index (χ2v) is 2.99. The third-order valence-electron chi connectivity index (χ3n) is 2.00. The molecule has 16 heavy (non-hydrogen) atoms. The SMILES string of the molecule is O=C([O-])c1nc2c(O)cccc2cc1O.[Li+]. The molecule has 0 fully saturated rings. The quantitative estimate of drug-likeness (QED) is 0.491. The fourth-order valence-electron chi connectivity index (χ4n) is 1.32. The summed E-state index contributed by atoms with van der Waals surface area (Å²) in [5.41, 5.74) is -0.460. The largest absolute Gasteiger partial charge is 1.00 e. The van der Waals surface area contributed by atoms with E-state index in [1.807, 2.05) is 0 Å². The number of pyridine rings is 1. The van der Waals surface area contributed by atoms with E-state index in [4.69, 9.17) is 0 Å². The fraction of sp³-hybridized carbons (Fsp3) is 0. The van der Waals surface area contributed by atoms with Gasteiger partial charge in [-0.05, 0) is 12.1 Å². The monoisotopic (exact) mass is 211 g/mol. The molecule has 5 nitrogen and oxygen atoms in total. The van der Waals surface area contributed by atoms with Gasteiger partial charge in [0.15, 0.2) is 0 Å². The van der Waals surface area contributed by atoms with E-state index in [0.29, 0.717) is 5.39 Å². The van der Waals surface area contributed by atoms with Crippen molar-refractivity contribution >= 4 is 16.9 Å². The van der Waals surface area contributed by atoms with Gasteiger partial charge in [-0.25, -0.2) is 4.98 Å². The molecule has 0 bridgehead atoms. The number of aromatic hydroxyl groups is 2. The first-order valence-electron chi connectivity index (χ1n) is 4.12. The van der Waals surface area contributed by atoms with Crippen LogP contribution in [0.3, 0.4) is 0 Å². The van der Waals surface area contributed by atoms with E-state index >= 15 is 0 Å². The van der Waals surface area contributed by atoms with Gasteiger partial charge in [-0.3, -0.25) is 0 Å². The molecule has 0 unspecified atom stereocenters. The van der Waals surface area contributed by atoms with Gasteiger partial charge in [-0.15, -0.1) is 0 Å². The second-order valence-electron chi connectivity index (χ2n) is 2.99. The van der Waals surface area contributed by atoms with Crippen LogP contribution < -0.4 is 24.0 Å². The minimum Gasteiger partial charge on any atom is -0.543 e. The number of carboxylic acids is 1. The van der Waals surface area contributed by atoms with Crippen molar-refractivity contribution in [2.45, 2.75) is 0 Å². The summed E-state index contributed by atoms with van der Waals surface area (Å²) >= 11 is 0. The zero-order valence-electron chi connectivity index (χ0n) is 8.47. The molecule has 0 saturated carbocycles. The number of carbonyl (C=O) groups excluding carboxylic acids is 1. The van der Waals surface area contributed by atoms with Crippen LogP contribution in [0.2, 0.25) is 0 Å². The van der Waals surface area contributed by atoms with E-state index < -0.39 is 17.4 Å². The first kappa shape index (κ1) is 12.4. The van der Waals surface area contributed by atoms with Crippen LogP contribution in [-0.2, 0) is 0 Å². The average Bonchev–Trinajstić information content (AvgIpc) is 2.16. The summed E-state index contributed by atoms with van der Waals surface area (Å²) in [5, 5.41) is 29.7. The molecule has 0 radical (unpaired) electrons. The molecule has 1 heterocycles. The Balaban J connectivity index is 0.00000128. The number of hydrogen-bond donors (Lipinski definition) is 2. The van der Waals surface area contributed by atoms with Gasteiger partial charge >= 0.3 is 18.9 Å². The summed E-state index contributed by atoms with van der Waals surface area (Å²) in [6.07, 6.45) is 0. The topological polar surface area (TPSA) is 93.5 Å². The zero-order valence-corrected chi connectivity index (χ0v) is 8.47. The summed E-state index contributed by atoms with van der Waals surface area (Å²) < 4.78 is 0. The van der Waals surface area contributed by atoms with Crippen LogP contribution in [-0.4, -0.2) is 21.2 Å². The molecule has 6 heteroatoms. The average molecular weight is 211 g/mol. The number of benzene rings is 1. The smallest absolute Gasteiger partial charge is 0.543 e. The van der Waals surface area contributed by atoms with E-state index in [2.05, 4.69) is 4.98 Å². The van der Waals surface area contributed by atoms with E-state index in [9.17, 15) is 20.1 Å². The van der Waals surface area contributed by atoms with E-state index in [1.165, 1.54) is 12.1 Å². The van der Waals surface area contributed by atoms with Gasteiger partial charge in [-0.1, -0.05) is 12.1 Å². The summed E-state index contributed by atoms with van der Waals surface area (Å²) in [7, 11) is 0. The minimum absolute atomic E-state index is 0. The molecule has 2 rings (SSSR count). The molecule has 0 atom stereocenters. The number of rotatable bonds is 1. The van der Waals surface area contributed by atoms with Crippen molar-refractivity contribution < 1.29 is 39.0 Å². The van der Waals surface area contributed by atoms with Crippen molar-refractivity contribution in [1.82, 2.24) is 4.98 Å². The van der Waals surface area contributed by atoms with Gasteiger partial charge in [0.2, 0.25) is 0 Å². The maximum Gasteiger partial charge on any atom is 1.00 e. The van der Waals surface area contributed by atoms with Crippen LogP contribution in [0.4, 0.5) is 0 Å². The fourth-order valence-corrected chi connectivity index (χ4v) is 1.32. The maximum atomic E-state index is 10.6.